The van der Waals surface area contributed by atoms with Crippen molar-refractivity contribution in [2.24, 2.45) is 5.92 Å². The number of aryl methyl sites for hydroxylation is 2. The molecule has 0 radical (unpaired) electrons. The fourth-order valence-corrected chi connectivity index (χ4v) is 3.25. The number of carboxylic acid groups (broad SMARTS) is 1. The smallest absolute Gasteiger partial charge is 0.303 e. The Hall–Kier alpha value is -2.67. The monoisotopic (exact) mass is 357 g/mol. The Morgan fingerprint density at radius 2 is 2.27 bits per heavy atom. The first kappa shape index (κ1) is 18.1. The molecule has 1 fully saturated rings. The van der Waals surface area contributed by atoms with Gasteiger partial charge in [0.05, 0.1) is 5.92 Å². The Kier molecular flexibility index (Phi) is 5.68. The van der Waals surface area contributed by atoms with Crippen LogP contribution in [0.4, 0.5) is 5.69 Å². The highest BCUT2D eigenvalue weighted by Crippen LogP contribution is 2.34. The van der Waals surface area contributed by atoms with E-state index in [4.69, 9.17) is 9.84 Å². The SMILES string of the molecule is CCn1ccnc1[C@@H]1OCC[C@H]1C(=O)Nc1cccc(CCC(=O)O)c1. The van der Waals surface area contributed by atoms with E-state index in [1.165, 1.54) is 0 Å². The Labute approximate surface area is 152 Å². The van der Waals surface area contributed by atoms with Crippen molar-refractivity contribution in [3.05, 3.63) is 48.0 Å². The largest absolute Gasteiger partial charge is 0.481 e. The maximum atomic E-state index is 12.8. The first-order valence-electron chi connectivity index (χ1n) is 8.82. The predicted octanol–water partition coefficient (Wildman–Crippen LogP) is 2.64. The predicted molar refractivity (Wildman–Crippen MR) is 95.7 cm³/mol. The molecule has 0 spiro atoms. The molecule has 1 aromatic carbocycles. The summed E-state index contributed by atoms with van der Waals surface area (Å²) in [6, 6.07) is 7.30. The van der Waals surface area contributed by atoms with E-state index >= 15 is 0 Å². The molecule has 1 aliphatic rings. The zero-order chi connectivity index (χ0) is 18.5. The van der Waals surface area contributed by atoms with Gasteiger partial charge in [-0.15, -0.1) is 0 Å². The van der Waals surface area contributed by atoms with Gasteiger partial charge in [-0.25, -0.2) is 4.98 Å². The van der Waals surface area contributed by atoms with Crippen molar-refractivity contribution in [1.82, 2.24) is 9.55 Å². The summed E-state index contributed by atoms with van der Waals surface area (Å²) in [5, 5.41) is 11.7. The normalized spacial score (nSPS) is 19.4. The second-order valence-corrected chi connectivity index (χ2v) is 6.34. The van der Waals surface area contributed by atoms with Gasteiger partial charge in [0.1, 0.15) is 11.9 Å². The number of carbonyl (C=O) groups is 2. The Morgan fingerprint density at radius 3 is 3.04 bits per heavy atom. The quantitative estimate of drug-likeness (QED) is 0.794. The van der Waals surface area contributed by atoms with Crippen LogP contribution in [0.2, 0.25) is 0 Å². The molecule has 7 heteroatoms. The van der Waals surface area contributed by atoms with Gasteiger partial charge >= 0.3 is 5.97 Å². The van der Waals surface area contributed by atoms with Crippen molar-refractivity contribution >= 4 is 17.6 Å². The van der Waals surface area contributed by atoms with Gasteiger partial charge in [-0.05, 0) is 37.5 Å². The summed E-state index contributed by atoms with van der Waals surface area (Å²) in [6.45, 7) is 3.32. The number of imidazole rings is 1. The number of carbonyl (C=O) groups excluding carboxylic acids is 1. The van der Waals surface area contributed by atoms with Gasteiger partial charge in [-0.3, -0.25) is 9.59 Å². The van der Waals surface area contributed by atoms with Gasteiger partial charge in [0.25, 0.3) is 0 Å². The first-order valence-corrected chi connectivity index (χ1v) is 8.82. The van der Waals surface area contributed by atoms with Crippen LogP contribution in [0.1, 0.15) is 37.3 Å². The zero-order valence-corrected chi connectivity index (χ0v) is 14.7. The lowest BCUT2D eigenvalue weighted by molar-refractivity contribution is -0.137. The van der Waals surface area contributed by atoms with E-state index in [2.05, 4.69) is 10.3 Å². The van der Waals surface area contributed by atoms with Gasteiger partial charge < -0.3 is 19.7 Å². The van der Waals surface area contributed by atoms with E-state index in [9.17, 15) is 9.59 Å². The highest BCUT2D eigenvalue weighted by molar-refractivity contribution is 5.93. The van der Waals surface area contributed by atoms with Gasteiger partial charge in [0, 0.05) is 37.7 Å². The molecular formula is C19H23N3O4. The van der Waals surface area contributed by atoms with Crippen molar-refractivity contribution in [3.63, 3.8) is 0 Å². The molecular weight excluding hydrogens is 334 g/mol. The van der Waals surface area contributed by atoms with Crippen molar-refractivity contribution in [1.29, 1.82) is 0 Å². The second kappa shape index (κ2) is 8.14. The van der Waals surface area contributed by atoms with Gasteiger partial charge in [-0.1, -0.05) is 12.1 Å². The lowest BCUT2D eigenvalue weighted by Crippen LogP contribution is -2.27. The molecule has 2 N–H and O–H groups in total. The molecule has 1 aromatic heterocycles. The van der Waals surface area contributed by atoms with Crippen molar-refractivity contribution in [2.45, 2.75) is 38.8 Å². The second-order valence-electron chi connectivity index (χ2n) is 6.34. The van der Waals surface area contributed by atoms with E-state index in [1.807, 2.05) is 35.9 Å². The van der Waals surface area contributed by atoms with Crippen molar-refractivity contribution in [3.8, 4) is 0 Å². The number of nitrogens with zero attached hydrogens (tertiary/aromatic N) is 2. The fraction of sp³-hybridized carbons (Fsp3) is 0.421. The van der Waals surface area contributed by atoms with E-state index in [0.29, 0.717) is 25.1 Å². The van der Waals surface area contributed by atoms with Crippen LogP contribution >= 0.6 is 0 Å². The number of aliphatic carboxylic acids is 1. The maximum Gasteiger partial charge on any atom is 0.303 e. The average Bonchev–Trinajstić information content (AvgIpc) is 3.28. The molecule has 7 nitrogen and oxygen atoms in total. The number of hydrogen-bond acceptors (Lipinski definition) is 4. The number of benzene rings is 1. The minimum atomic E-state index is -0.836. The van der Waals surface area contributed by atoms with Crippen molar-refractivity contribution in [2.75, 3.05) is 11.9 Å². The summed E-state index contributed by atoms with van der Waals surface area (Å²) in [5.41, 5.74) is 1.55. The molecule has 1 aliphatic heterocycles. The summed E-state index contributed by atoms with van der Waals surface area (Å²) < 4.78 is 7.78. The molecule has 0 saturated carbocycles. The molecule has 1 saturated heterocycles. The number of amides is 1. The van der Waals surface area contributed by atoms with Crippen LogP contribution in [0.15, 0.2) is 36.7 Å². The summed E-state index contributed by atoms with van der Waals surface area (Å²) in [6.07, 6.45) is 4.41. The van der Waals surface area contributed by atoms with Gasteiger partial charge in [-0.2, -0.15) is 0 Å². The third kappa shape index (κ3) is 4.11. The minimum Gasteiger partial charge on any atom is -0.481 e. The number of aromatic nitrogens is 2. The number of ether oxygens (including phenoxy) is 1. The molecule has 0 bridgehead atoms. The Morgan fingerprint density at radius 1 is 1.42 bits per heavy atom. The van der Waals surface area contributed by atoms with Gasteiger partial charge in [0.15, 0.2) is 0 Å². The molecule has 3 rings (SSSR count). The molecule has 2 atom stereocenters. The highest BCUT2D eigenvalue weighted by Gasteiger charge is 2.37. The summed E-state index contributed by atoms with van der Waals surface area (Å²) in [5.74, 6) is -0.462. The highest BCUT2D eigenvalue weighted by atomic mass is 16.5. The lowest BCUT2D eigenvalue weighted by atomic mass is 9.99. The number of nitrogens with one attached hydrogen (secondary N) is 1. The molecule has 0 aliphatic carbocycles. The number of carboxylic acids is 1. The van der Waals surface area contributed by atoms with Crippen molar-refractivity contribution < 1.29 is 19.4 Å². The molecule has 2 aromatic rings. The van der Waals surface area contributed by atoms with Crippen LogP contribution in [-0.4, -0.2) is 33.1 Å². The van der Waals surface area contributed by atoms with E-state index < -0.39 is 5.97 Å². The summed E-state index contributed by atoms with van der Waals surface area (Å²) in [7, 11) is 0. The van der Waals surface area contributed by atoms with Gasteiger partial charge in [0.2, 0.25) is 5.91 Å². The van der Waals surface area contributed by atoms with Crippen LogP contribution in [0.3, 0.4) is 0 Å². The van der Waals surface area contributed by atoms with E-state index in [0.717, 1.165) is 17.9 Å². The zero-order valence-electron chi connectivity index (χ0n) is 14.7. The van der Waals surface area contributed by atoms with E-state index in [1.54, 1.807) is 12.3 Å². The molecule has 26 heavy (non-hydrogen) atoms. The van der Waals surface area contributed by atoms with Crippen LogP contribution in [0.5, 0.6) is 0 Å². The molecule has 1 amide bonds. The fourth-order valence-electron chi connectivity index (χ4n) is 3.25. The summed E-state index contributed by atoms with van der Waals surface area (Å²) in [4.78, 5) is 27.9. The molecule has 2 heterocycles. The number of anilines is 1. The van der Waals surface area contributed by atoms with Crippen LogP contribution in [0.25, 0.3) is 0 Å². The Balaban J connectivity index is 1.69. The minimum absolute atomic E-state index is 0.0651. The standard InChI is InChI=1S/C19H23N3O4/c1-2-22-10-9-20-18(22)17-15(8-11-26-17)19(25)21-14-5-3-4-13(12-14)6-7-16(23)24/h3-5,9-10,12,15,17H,2,6-8,11H2,1H3,(H,21,25)(H,23,24)/t15-,17-/m1/s1. The van der Waals surface area contributed by atoms with Crippen LogP contribution < -0.4 is 5.32 Å². The lowest BCUT2D eigenvalue weighted by Gasteiger charge is -2.19. The number of hydrogen-bond donors (Lipinski definition) is 2. The third-order valence-corrected chi connectivity index (χ3v) is 4.59. The molecule has 0 unspecified atom stereocenters. The summed E-state index contributed by atoms with van der Waals surface area (Å²) >= 11 is 0. The van der Waals surface area contributed by atoms with Crippen LogP contribution in [0, 0.1) is 5.92 Å². The molecule has 138 valence electrons. The third-order valence-electron chi connectivity index (χ3n) is 4.59. The topological polar surface area (TPSA) is 93.5 Å². The average molecular weight is 357 g/mol. The van der Waals surface area contributed by atoms with Crippen LogP contribution in [-0.2, 0) is 27.3 Å². The maximum absolute atomic E-state index is 12.8. The number of rotatable bonds is 7. The Bertz CT molecular complexity index is 787. The van der Waals surface area contributed by atoms with E-state index in [-0.39, 0.29) is 24.3 Å². The first-order chi connectivity index (χ1) is 12.6.